The van der Waals surface area contributed by atoms with Crippen LogP contribution in [-0.2, 0) is 6.54 Å². The third-order valence-corrected chi connectivity index (χ3v) is 2.53. The van der Waals surface area contributed by atoms with E-state index in [0.29, 0.717) is 16.6 Å². The number of aromatic nitrogens is 1. The number of nitrogens with one attached hydrogen (secondary N) is 1. The summed E-state index contributed by atoms with van der Waals surface area (Å²) >= 11 is 0. The normalized spacial score (nSPS) is 10.9. The molecule has 15 heavy (non-hydrogen) atoms. The first-order valence-corrected chi connectivity index (χ1v) is 4.65. The number of hydrogen-bond acceptors (Lipinski definition) is 2. The molecule has 0 aliphatic heterocycles. The van der Waals surface area contributed by atoms with Crippen molar-refractivity contribution in [3.63, 3.8) is 0 Å². The quantitative estimate of drug-likeness (QED) is 0.741. The average molecular weight is 206 g/mol. The van der Waals surface area contributed by atoms with E-state index >= 15 is 0 Å². The van der Waals surface area contributed by atoms with Crippen molar-refractivity contribution in [2.24, 2.45) is 5.73 Å². The lowest BCUT2D eigenvalue weighted by Gasteiger charge is -2.06. The van der Waals surface area contributed by atoms with Crippen molar-refractivity contribution in [3.05, 3.63) is 45.5 Å². The maximum Gasteiger partial charge on any atom is 0.192 e. The Labute approximate surface area is 85.7 Å². The van der Waals surface area contributed by atoms with Gasteiger partial charge in [0, 0.05) is 23.2 Å². The van der Waals surface area contributed by atoms with Crippen LogP contribution in [0.2, 0.25) is 0 Å². The fourth-order valence-corrected chi connectivity index (χ4v) is 1.63. The van der Waals surface area contributed by atoms with Crippen LogP contribution in [0.4, 0.5) is 4.39 Å². The Morgan fingerprint density at radius 3 is 2.87 bits per heavy atom. The van der Waals surface area contributed by atoms with Crippen LogP contribution in [0.1, 0.15) is 11.3 Å². The molecule has 0 spiro atoms. The van der Waals surface area contributed by atoms with Crippen LogP contribution in [0.25, 0.3) is 10.9 Å². The van der Waals surface area contributed by atoms with Crippen molar-refractivity contribution in [3.8, 4) is 0 Å². The number of halogens is 1. The van der Waals surface area contributed by atoms with Crippen LogP contribution in [0.3, 0.4) is 0 Å². The van der Waals surface area contributed by atoms with Gasteiger partial charge in [0.1, 0.15) is 5.82 Å². The summed E-state index contributed by atoms with van der Waals surface area (Å²) < 4.78 is 13.4. The van der Waals surface area contributed by atoms with Gasteiger partial charge < -0.3 is 10.7 Å². The summed E-state index contributed by atoms with van der Waals surface area (Å²) in [6.07, 6.45) is 0. The minimum Gasteiger partial charge on any atom is -0.355 e. The fourth-order valence-electron chi connectivity index (χ4n) is 1.63. The third kappa shape index (κ3) is 1.43. The molecule has 4 heteroatoms. The standard InChI is InChI=1S/C11H11FN2O/c1-6-9(5-13)14-10-7(11(6)15)3-2-4-8(10)12/h2-4H,5,13H2,1H3,(H,14,15). The van der Waals surface area contributed by atoms with Gasteiger partial charge in [-0.05, 0) is 19.1 Å². The molecule has 0 saturated carbocycles. The molecule has 0 bridgehead atoms. The van der Waals surface area contributed by atoms with Crippen molar-refractivity contribution < 1.29 is 4.39 Å². The zero-order valence-corrected chi connectivity index (χ0v) is 8.30. The van der Waals surface area contributed by atoms with E-state index in [9.17, 15) is 9.18 Å². The number of pyridine rings is 1. The Balaban J connectivity index is 2.98. The van der Waals surface area contributed by atoms with Crippen molar-refractivity contribution in [2.45, 2.75) is 13.5 Å². The molecule has 1 heterocycles. The van der Waals surface area contributed by atoms with Crippen LogP contribution < -0.4 is 11.2 Å². The molecular formula is C11H11FN2O. The second-order valence-electron chi connectivity index (χ2n) is 3.42. The van der Waals surface area contributed by atoms with Gasteiger partial charge in [0.05, 0.1) is 5.52 Å². The first-order chi connectivity index (χ1) is 7.15. The van der Waals surface area contributed by atoms with Crippen molar-refractivity contribution in [2.75, 3.05) is 0 Å². The van der Waals surface area contributed by atoms with E-state index in [2.05, 4.69) is 4.98 Å². The van der Waals surface area contributed by atoms with Crippen LogP contribution in [0, 0.1) is 12.7 Å². The number of nitrogens with two attached hydrogens (primary N) is 1. The second-order valence-corrected chi connectivity index (χ2v) is 3.42. The zero-order chi connectivity index (χ0) is 11.0. The number of rotatable bonds is 1. The Morgan fingerprint density at radius 1 is 1.47 bits per heavy atom. The lowest BCUT2D eigenvalue weighted by atomic mass is 10.1. The maximum absolute atomic E-state index is 13.4. The molecule has 0 fully saturated rings. The number of fused-ring (bicyclic) bond motifs is 1. The summed E-state index contributed by atoms with van der Waals surface area (Å²) in [6, 6.07) is 4.44. The number of aromatic amines is 1. The summed E-state index contributed by atoms with van der Waals surface area (Å²) in [5.74, 6) is -0.431. The molecule has 0 unspecified atom stereocenters. The Bertz CT molecular complexity index is 575. The molecule has 0 aliphatic carbocycles. The first-order valence-electron chi connectivity index (χ1n) is 4.65. The highest BCUT2D eigenvalue weighted by atomic mass is 19.1. The van der Waals surface area contributed by atoms with Crippen LogP contribution in [-0.4, -0.2) is 4.98 Å². The molecular weight excluding hydrogens is 195 g/mol. The lowest BCUT2D eigenvalue weighted by molar-refractivity contribution is 0.636. The molecule has 2 rings (SSSR count). The van der Waals surface area contributed by atoms with Crippen molar-refractivity contribution >= 4 is 10.9 Å². The highest BCUT2D eigenvalue weighted by Crippen LogP contribution is 2.14. The van der Waals surface area contributed by atoms with Gasteiger partial charge in [-0.1, -0.05) is 6.07 Å². The molecule has 0 aliphatic rings. The Kier molecular flexibility index (Phi) is 2.28. The smallest absolute Gasteiger partial charge is 0.192 e. The van der Waals surface area contributed by atoms with Gasteiger partial charge in [-0.15, -0.1) is 0 Å². The van der Waals surface area contributed by atoms with Gasteiger partial charge in [0.15, 0.2) is 5.43 Å². The zero-order valence-electron chi connectivity index (χ0n) is 8.30. The van der Waals surface area contributed by atoms with Gasteiger partial charge in [-0.2, -0.15) is 0 Å². The van der Waals surface area contributed by atoms with Crippen molar-refractivity contribution in [1.29, 1.82) is 0 Å². The predicted octanol–water partition coefficient (Wildman–Crippen LogP) is 1.43. The van der Waals surface area contributed by atoms with E-state index < -0.39 is 5.82 Å². The molecule has 3 N–H and O–H groups in total. The summed E-state index contributed by atoms with van der Waals surface area (Å²) in [4.78, 5) is 14.7. The Hall–Kier alpha value is -1.68. The molecule has 0 radical (unpaired) electrons. The first kappa shape index (κ1) is 9.86. The summed E-state index contributed by atoms with van der Waals surface area (Å²) in [5.41, 5.74) is 6.67. The van der Waals surface area contributed by atoms with Crippen LogP contribution in [0.5, 0.6) is 0 Å². The number of para-hydroxylation sites is 1. The molecule has 1 aromatic heterocycles. The molecule has 0 atom stereocenters. The van der Waals surface area contributed by atoms with Gasteiger partial charge in [-0.25, -0.2) is 4.39 Å². The largest absolute Gasteiger partial charge is 0.355 e. The molecule has 0 amide bonds. The third-order valence-electron chi connectivity index (χ3n) is 2.53. The number of H-pyrrole nitrogens is 1. The molecule has 1 aromatic carbocycles. The van der Waals surface area contributed by atoms with Gasteiger partial charge in [0.25, 0.3) is 0 Å². The summed E-state index contributed by atoms with van der Waals surface area (Å²) in [6.45, 7) is 1.89. The summed E-state index contributed by atoms with van der Waals surface area (Å²) in [7, 11) is 0. The topological polar surface area (TPSA) is 58.9 Å². The number of benzene rings is 1. The van der Waals surface area contributed by atoms with E-state index in [4.69, 9.17) is 5.73 Å². The Morgan fingerprint density at radius 2 is 2.20 bits per heavy atom. The highest BCUT2D eigenvalue weighted by Gasteiger charge is 2.09. The molecule has 2 aromatic rings. The van der Waals surface area contributed by atoms with E-state index in [0.717, 1.165) is 0 Å². The lowest BCUT2D eigenvalue weighted by Crippen LogP contribution is -2.14. The summed E-state index contributed by atoms with van der Waals surface area (Å²) in [5, 5.41) is 0.365. The fraction of sp³-hybridized carbons (Fsp3) is 0.182. The van der Waals surface area contributed by atoms with Crippen LogP contribution >= 0.6 is 0 Å². The SMILES string of the molecule is Cc1c(CN)[nH]c2c(F)cccc2c1=O. The minimum atomic E-state index is -0.431. The van der Waals surface area contributed by atoms with E-state index in [-0.39, 0.29) is 17.5 Å². The predicted molar refractivity (Wildman–Crippen MR) is 57.2 cm³/mol. The monoisotopic (exact) mass is 206 g/mol. The maximum atomic E-state index is 13.4. The van der Waals surface area contributed by atoms with Crippen LogP contribution in [0.15, 0.2) is 23.0 Å². The molecule has 3 nitrogen and oxygen atoms in total. The van der Waals surface area contributed by atoms with Gasteiger partial charge in [0.2, 0.25) is 0 Å². The molecule has 0 saturated heterocycles. The molecule has 78 valence electrons. The van der Waals surface area contributed by atoms with Gasteiger partial charge >= 0.3 is 0 Å². The van der Waals surface area contributed by atoms with Gasteiger partial charge in [-0.3, -0.25) is 4.79 Å². The van der Waals surface area contributed by atoms with Crippen molar-refractivity contribution in [1.82, 2.24) is 4.98 Å². The van der Waals surface area contributed by atoms with E-state index in [1.165, 1.54) is 12.1 Å². The van der Waals surface area contributed by atoms with E-state index in [1.54, 1.807) is 13.0 Å². The average Bonchev–Trinajstić information content (AvgIpc) is 2.24. The highest BCUT2D eigenvalue weighted by molar-refractivity contribution is 5.79. The number of hydrogen-bond donors (Lipinski definition) is 2. The second kappa shape index (κ2) is 3.47. The minimum absolute atomic E-state index is 0.163. The van der Waals surface area contributed by atoms with E-state index in [1.807, 2.05) is 0 Å².